The van der Waals surface area contributed by atoms with E-state index >= 15 is 0 Å². The van der Waals surface area contributed by atoms with Crippen LogP contribution >= 0.6 is 0 Å². The molecule has 0 bridgehead atoms. The first-order valence-electron chi connectivity index (χ1n) is 7.38. The number of ether oxygens (including phenoxy) is 2. The lowest BCUT2D eigenvalue weighted by atomic mass is 10.1. The third kappa shape index (κ3) is 4.29. The highest BCUT2D eigenvalue weighted by atomic mass is 16.5. The van der Waals surface area contributed by atoms with Gasteiger partial charge in [-0.25, -0.2) is 4.79 Å². The van der Waals surface area contributed by atoms with Crippen LogP contribution in [-0.4, -0.2) is 56.2 Å². The maximum Gasteiger partial charge on any atom is 0.337 e. The summed E-state index contributed by atoms with van der Waals surface area (Å²) in [6.07, 6.45) is 0. The molecule has 0 radical (unpaired) electrons. The monoisotopic (exact) mass is 306 g/mol. The molecule has 0 unspecified atom stereocenters. The molecule has 1 heterocycles. The molecule has 6 heteroatoms. The van der Waals surface area contributed by atoms with Crippen LogP contribution in [-0.2, 0) is 20.8 Å². The second-order valence-corrected chi connectivity index (χ2v) is 5.23. The van der Waals surface area contributed by atoms with Crippen molar-refractivity contribution in [3.8, 4) is 0 Å². The quantitative estimate of drug-likeness (QED) is 0.815. The largest absolute Gasteiger partial charge is 0.465 e. The molecule has 1 aromatic carbocycles. The van der Waals surface area contributed by atoms with Gasteiger partial charge in [-0.05, 0) is 24.6 Å². The molecule has 0 saturated carbocycles. The Balaban J connectivity index is 1.83. The van der Waals surface area contributed by atoms with Gasteiger partial charge in [-0.1, -0.05) is 12.1 Å². The Labute approximate surface area is 130 Å². The summed E-state index contributed by atoms with van der Waals surface area (Å²) in [6.45, 7) is 5.25. The van der Waals surface area contributed by atoms with E-state index in [9.17, 15) is 9.59 Å². The van der Waals surface area contributed by atoms with E-state index in [1.807, 2.05) is 19.1 Å². The SMILES string of the molecule is COC(=O)c1ccc(CNC(=O)[C@H](C)N2CCOCC2)cc1. The van der Waals surface area contributed by atoms with Crippen molar-refractivity contribution in [2.75, 3.05) is 33.4 Å². The standard InChI is InChI=1S/C16H22N2O4/c1-12(18-7-9-22-10-8-18)15(19)17-11-13-3-5-14(6-4-13)16(20)21-2/h3-6,12H,7-11H2,1-2H3,(H,17,19)/t12-/m0/s1. The van der Waals surface area contributed by atoms with Gasteiger partial charge >= 0.3 is 5.97 Å². The molecule has 1 aliphatic heterocycles. The van der Waals surface area contributed by atoms with Crippen LogP contribution in [0.2, 0.25) is 0 Å². The van der Waals surface area contributed by atoms with E-state index in [1.54, 1.807) is 12.1 Å². The summed E-state index contributed by atoms with van der Waals surface area (Å²) in [4.78, 5) is 25.6. The molecule has 120 valence electrons. The second-order valence-electron chi connectivity index (χ2n) is 5.23. The van der Waals surface area contributed by atoms with Gasteiger partial charge in [-0.3, -0.25) is 9.69 Å². The van der Waals surface area contributed by atoms with Gasteiger partial charge in [-0.15, -0.1) is 0 Å². The fourth-order valence-electron chi connectivity index (χ4n) is 2.34. The van der Waals surface area contributed by atoms with E-state index < -0.39 is 0 Å². The van der Waals surface area contributed by atoms with Crippen molar-refractivity contribution in [2.24, 2.45) is 0 Å². The summed E-state index contributed by atoms with van der Waals surface area (Å²) in [6, 6.07) is 6.84. The Morgan fingerprint density at radius 3 is 2.50 bits per heavy atom. The number of amides is 1. The van der Waals surface area contributed by atoms with Gasteiger partial charge in [0, 0.05) is 19.6 Å². The van der Waals surface area contributed by atoms with Gasteiger partial charge < -0.3 is 14.8 Å². The predicted octanol–water partition coefficient (Wildman–Crippen LogP) is 0.810. The fourth-order valence-corrected chi connectivity index (χ4v) is 2.34. The molecule has 6 nitrogen and oxygen atoms in total. The zero-order valence-electron chi connectivity index (χ0n) is 13.0. The number of carbonyl (C=O) groups is 2. The molecule has 1 aliphatic rings. The lowest BCUT2D eigenvalue weighted by Gasteiger charge is -2.31. The third-order valence-corrected chi connectivity index (χ3v) is 3.81. The summed E-state index contributed by atoms with van der Waals surface area (Å²) >= 11 is 0. The molecule has 1 N–H and O–H groups in total. The summed E-state index contributed by atoms with van der Waals surface area (Å²) in [5.74, 6) is -0.365. The highest BCUT2D eigenvalue weighted by Gasteiger charge is 2.22. The van der Waals surface area contributed by atoms with Crippen LogP contribution in [0.4, 0.5) is 0 Å². The van der Waals surface area contributed by atoms with E-state index in [1.165, 1.54) is 7.11 Å². The van der Waals surface area contributed by atoms with Crippen molar-refractivity contribution < 1.29 is 19.1 Å². The molecule has 0 aromatic heterocycles. The van der Waals surface area contributed by atoms with Gasteiger partial charge in [0.25, 0.3) is 0 Å². The Bertz CT molecular complexity index is 509. The summed E-state index contributed by atoms with van der Waals surface area (Å²) in [5.41, 5.74) is 1.44. The maximum atomic E-state index is 12.2. The molecule has 1 saturated heterocycles. The number of hydrogen-bond acceptors (Lipinski definition) is 5. The van der Waals surface area contributed by atoms with Crippen LogP contribution in [0.25, 0.3) is 0 Å². The van der Waals surface area contributed by atoms with Crippen LogP contribution < -0.4 is 5.32 Å². The number of morpholine rings is 1. The Kier molecular flexibility index (Phi) is 5.91. The number of methoxy groups -OCH3 is 1. The van der Waals surface area contributed by atoms with Crippen LogP contribution in [0.3, 0.4) is 0 Å². The van der Waals surface area contributed by atoms with Crippen LogP contribution in [0.5, 0.6) is 0 Å². The first-order chi connectivity index (χ1) is 10.6. The molecule has 2 rings (SSSR count). The molecule has 0 aliphatic carbocycles. The zero-order chi connectivity index (χ0) is 15.9. The minimum absolute atomic E-state index is 0.000977. The lowest BCUT2D eigenvalue weighted by Crippen LogP contribution is -2.49. The fraction of sp³-hybridized carbons (Fsp3) is 0.500. The van der Waals surface area contributed by atoms with Crippen molar-refractivity contribution in [2.45, 2.75) is 19.5 Å². The minimum Gasteiger partial charge on any atom is -0.465 e. The van der Waals surface area contributed by atoms with E-state index in [0.29, 0.717) is 25.3 Å². The van der Waals surface area contributed by atoms with Crippen LogP contribution in [0.1, 0.15) is 22.8 Å². The van der Waals surface area contributed by atoms with E-state index in [0.717, 1.165) is 18.7 Å². The lowest BCUT2D eigenvalue weighted by molar-refractivity contribution is -0.127. The van der Waals surface area contributed by atoms with Gasteiger partial charge in [-0.2, -0.15) is 0 Å². The number of esters is 1. The van der Waals surface area contributed by atoms with Crippen molar-refractivity contribution in [3.63, 3.8) is 0 Å². The van der Waals surface area contributed by atoms with Crippen LogP contribution in [0.15, 0.2) is 24.3 Å². The van der Waals surface area contributed by atoms with E-state index in [4.69, 9.17) is 4.74 Å². The molecule has 22 heavy (non-hydrogen) atoms. The highest BCUT2D eigenvalue weighted by molar-refractivity contribution is 5.89. The molecule has 1 amide bonds. The molecular formula is C16H22N2O4. The van der Waals surface area contributed by atoms with E-state index in [2.05, 4.69) is 15.0 Å². The Hall–Kier alpha value is -1.92. The number of hydrogen-bond donors (Lipinski definition) is 1. The first-order valence-corrected chi connectivity index (χ1v) is 7.38. The van der Waals surface area contributed by atoms with Crippen LogP contribution in [0, 0.1) is 0 Å². The smallest absolute Gasteiger partial charge is 0.337 e. The second kappa shape index (κ2) is 7.91. The molecule has 1 atom stereocenters. The molecule has 0 spiro atoms. The van der Waals surface area contributed by atoms with Crippen molar-refractivity contribution in [1.82, 2.24) is 10.2 Å². The van der Waals surface area contributed by atoms with E-state index in [-0.39, 0.29) is 17.9 Å². The molecular weight excluding hydrogens is 284 g/mol. The van der Waals surface area contributed by atoms with Crippen molar-refractivity contribution >= 4 is 11.9 Å². The number of benzene rings is 1. The average molecular weight is 306 g/mol. The molecule has 1 fully saturated rings. The van der Waals surface area contributed by atoms with Crippen molar-refractivity contribution in [1.29, 1.82) is 0 Å². The third-order valence-electron chi connectivity index (χ3n) is 3.81. The van der Waals surface area contributed by atoms with Gasteiger partial charge in [0.05, 0.1) is 31.9 Å². The number of nitrogens with zero attached hydrogens (tertiary/aromatic N) is 1. The first kappa shape index (κ1) is 16.5. The van der Waals surface area contributed by atoms with Gasteiger partial charge in [0.1, 0.15) is 0 Å². The summed E-state index contributed by atoms with van der Waals surface area (Å²) in [7, 11) is 1.35. The highest BCUT2D eigenvalue weighted by Crippen LogP contribution is 2.07. The topological polar surface area (TPSA) is 67.9 Å². The number of nitrogens with one attached hydrogen (secondary N) is 1. The normalized spacial score (nSPS) is 16.8. The minimum atomic E-state index is -0.364. The van der Waals surface area contributed by atoms with Gasteiger partial charge in [0.15, 0.2) is 0 Å². The Morgan fingerprint density at radius 1 is 1.27 bits per heavy atom. The maximum absolute atomic E-state index is 12.2. The summed E-state index contributed by atoms with van der Waals surface area (Å²) < 4.78 is 9.94. The van der Waals surface area contributed by atoms with Gasteiger partial charge in [0.2, 0.25) is 5.91 Å². The number of carbonyl (C=O) groups excluding carboxylic acids is 2. The predicted molar refractivity (Wildman–Crippen MR) is 81.5 cm³/mol. The zero-order valence-corrected chi connectivity index (χ0v) is 13.0. The average Bonchev–Trinajstić information content (AvgIpc) is 2.59. The molecule has 1 aromatic rings. The van der Waals surface area contributed by atoms with Crippen molar-refractivity contribution in [3.05, 3.63) is 35.4 Å². The number of rotatable bonds is 5. The summed E-state index contributed by atoms with van der Waals surface area (Å²) in [5, 5.41) is 2.92. The Morgan fingerprint density at radius 2 is 1.91 bits per heavy atom.